The van der Waals surface area contributed by atoms with Crippen LogP contribution in [0.1, 0.15) is 32.3 Å². The van der Waals surface area contributed by atoms with Gasteiger partial charge in [0.05, 0.1) is 5.56 Å². The summed E-state index contributed by atoms with van der Waals surface area (Å²) in [5.41, 5.74) is 6.66. The summed E-state index contributed by atoms with van der Waals surface area (Å²) in [5, 5.41) is 0. The highest BCUT2D eigenvalue weighted by atomic mass is 32.1. The summed E-state index contributed by atoms with van der Waals surface area (Å²) in [6.45, 7) is 5.56. The number of nitrogens with two attached hydrogens (primary N) is 1. The van der Waals surface area contributed by atoms with Crippen molar-refractivity contribution in [1.29, 1.82) is 0 Å². The summed E-state index contributed by atoms with van der Waals surface area (Å²) in [6, 6.07) is 4.35. The molecule has 2 rings (SSSR count). The van der Waals surface area contributed by atoms with Gasteiger partial charge in [0.1, 0.15) is 10.8 Å². The number of hydrogen-bond donors (Lipinski definition) is 1. The third-order valence-electron chi connectivity index (χ3n) is 3.44. The molecule has 1 aliphatic rings. The Balaban J connectivity index is 2.35. The maximum absolute atomic E-state index is 5.77. The Hall–Kier alpha value is -1.16. The number of rotatable bonds is 2. The Bertz CT molecular complexity index is 419. The molecule has 2 atom stereocenters. The summed E-state index contributed by atoms with van der Waals surface area (Å²) in [6.07, 6.45) is 4.30. The predicted octanol–water partition coefficient (Wildman–Crippen LogP) is 2.34. The second kappa shape index (κ2) is 5.00. The highest BCUT2D eigenvalue weighted by Crippen LogP contribution is 2.28. The van der Waals surface area contributed by atoms with Crippen molar-refractivity contribution >= 4 is 23.0 Å². The molecule has 0 aliphatic carbocycles. The van der Waals surface area contributed by atoms with E-state index in [2.05, 4.69) is 23.7 Å². The molecule has 1 aromatic rings. The summed E-state index contributed by atoms with van der Waals surface area (Å²) in [4.78, 5) is 7.23. The smallest absolute Gasteiger partial charge is 0.139 e. The van der Waals surface area contributed by atoms with Crippen LogP contribution < -0.4 is 10.6 Å². The first-order valence-corrected chi connectivity index (χ1v) is 6.52. The monoisotopic (exact) mass is 249 g/mol. The Kier molecular flexibility index (Phi) is 3.62. The van der Waals surface area contributed by atoms with Gasteiger partial charge in [-0.25, -0.2) is 4.98 Å². The maximum Gasteiger partial charge on any atom is 0.139 e. The second-order valence-corrected chi connectivity index (χ2v) is 5.36. The lowest BCUT2D eigenvalue weighted by molar-refractivity contribution is 0.388. The van der Waals surface area contributed by atoms with E-state index in [9.17, 15) is 0 Å². The SMILES string of the molecule is CC1CCC(C)N(c2ncccc2C(N)=S)C1. The van der Waals surface area contributed by atoms with Crippen LogP contribution in [0.3, 0.4) is 0 Å². The third-order valence-corrected chi connectivity index (χ3v) is 3.66. The lowest BCUT2D eigenvalue weighted by atomic mass is 9.94. The highest BCUT2D eigenvalue weighted by molar-refractivity contribution is 7.80. The van der Waals surface area contributed by atoms with Crippen molar-refractivity contribution in [2.45, 2.75) is 32.7 Å². The molecular weight excluding hydrogens is 230 g/mol. The fourth-order valence-electron chi connectivity index (χ4n) is 2.40. The molecule has 2 heterocycles. The van der Waals surface area contributed by atoms with E-state index in [-0.39, 0.29) is 0 Å². The van der Waals surface area contributed by atoms with Crippen molar-refractivity contribution in [3.8, 4) is 0 Å². The van der Waals surface area contributed by atoms with Gasteiger partial charge in [0.2, 0.25) is 0 Å². The molecule has 0 radical (unpaired) electrons. The molecule has 3 nitrogen and oxygen atoms in total. The van der Waals surface area contributed by atoms with Crippen LogP contribution in [-0.4, -0.2) is 22.6 Å². The van der Waals surface area contributed by atoms with Gasteiger partial charge in [-0.15, -0.1) is 0 Å². The van der Waals surface area contributed by atoms with Crippen LogP contribution in [0.4, 0.5) is 5.82 Å². The van der Waals surface area contributed by atoms with Gasteiger partial charge in [-0.3, -0.25) is 0 Å². The summed E-state index contributed by atoms with van der Waals surface area (Å²) < 4.78 is 0. The summed E-state index contributed by atoms with van der Waals surface area (Å²) in [5.74, 6) is 1.64. The van der Waals surface area contributed by atoms with Crippen LogP contribution in [0.15, 0.2) is 18.3 Å². The highest BCUT2D eigenvalue weighted by Gasteiger charge is 2.25. The van der Waals surface area contributed by atoms with Gasteiger partial charge in [-0.1, -0.05) is 19.1 Å². The third kappa shape index (κ3) is 2.57. The van der Waals surface area contributed by atoms with Crippen LogP contribution in [0.2, 0.25) is 0 Å². The van der Waals surface area contributed by atoms with E-state index < -0.39 is 0 Å². The largest absolute Gasteiger partial charge is 0.389 e. The molecule has 1 fully saturated rings. The molecule has 1 saturated heterocycles. The molecule has 0 saturated carbocycles. The molecule has 4 heteroatoms. The predicted molar refractivity (Wildman–Crippen MR) is 75.3 cm³/mol. The van der Waals surface area contributed by atoms with E-state index in [4.69, 9.17) is 18.0 Å². The zero-order valence-corrected chi connectivity index (χ0v) is 11.2. The zero-order chi connectivity index (χ0) is 12.4. The number of aromatic nitrogens is 1. The molecule has 92 valence electrons. The first-order valence-electron chi connectivity index (χ1n) is 6.11. The Labute approximate surface area is 108 Å². The minimum absolute atomic E-state index is 0.429. The van der Waals surface area contributed by atoms with E-state index in [0.717, 1.165) is 17.9 Å². The van der Waals surface area contributed by atoms with Crippen molar-refractivity contribution < 1.29 is 0 Å². The Morgan fingerprint density at radius 3 is 2.94 bits per heavy atom. The summed E-state index contributed by atoms with van der Waals surface area (Å²) in [7, 11) is 0. The molecule has 0 amide bonds. The van der Waals surface area contributed by atoms with Crippen LogP contribution in [0, 0.1) is 5.92 Å². The van der Waals surface area contributed by atoms with E-state index in [0.29, 0.717) is 16.9 Å². The molecule has 1 aliphatic heterocycles. The van der Waals surface area contributed by atoms with E-state index in [1.54, 1.807) is 0 Å². The molecule has 0 bridgehead atoms. The quantitative estimate of drug-likeness (QED) is 0.817. The molecule has 2 unspecified atom stereocenters. The van der Waals surface area contributed by atoms with Crippen molar-refractivity contribution in [2.75, 3.05) is 11.4 Å². The van der Waals surface area contributed by atoms with Crippen molar-refractivity contribution in [3.63, 3.8) is 0 Å². The lowest BCUT2D eigenvalue weighted by Crippen LogP contribution is -2.42. The summed E-state index contributed by atoms with van der Waals surface area (Å²) >= 11 is 5.10. The molecular formula is C13H19N3S. The molecule has 0 aromatic carbocycles. The number of piperidine rings is 1. The molecule has 2 N–H and O–H groups in total. The number of nitrogens with zero attached hydrogens (tertiary/aromatic N) is 2. The van der Waals surface area contributed by atoms with E-state index in [1.807, 2.05) is 18.3 Å². The number of pyridine rings is 1. The first kappa shape index (κ1) is 12.3. The number of anilines is 1. The topological polar surface area (TPSA) is 42.2 Å². The average Bonchev–Trinajstić information content (AvgIpc) is 2.32. The van der Waals surface area contributed by atoms with Gasteiger partial charge in [-0.05, 0) is 37.8 Å². The molecule has 0 spiro atoms. The van der Waals surface area contributed by atoms with Gasteiger partial charge in [0, 0.05) is 18.8 Å². The van der Waals surface area contributed by atoms with Gasteiger partial charge in [0.25, 0.3) is 0 Å². The van der Waals surface area contributed by atoms with Gasteiger partial charge < -0.3 is 10.6 Å². The first-order chi connectivity index (χ1) is 8.09. The van der Waals surface area contributed by atoms with E-state index >= 15 is 0 Å². The fourth-order valence-corrected chi connectivity index (χ4v) is 2.56. The van der Waals surface area contributed by atoms with Crippen LogP contribution in [0.25, 0.3) is 0 Å². The minimum Gasteiger partial charge on any atom is -0.389 e. The molecule has 17 heavy (non-hydrogen) atoms. The minimum atomic E-state index is 0.429. The van der Waals surface area contributed by atoms with Gasteiger partial charge in [-0.2, -0.15) is 0 Å². The zero-order valence-electron chi connectivity index (χ0n) is 10.4. The lowest BCUT2D eigenvalue weighted by Gasteiger charge is -2.38. The standard InChI is InChI=1S/C13H19N3S/c1-9-5-6-10(2)16(8-9)13-11(12(14)17)4-3-7-15-13/h3-4,7,9-10H,5-6,8H2,1-2H3,(H2,14,17). The normalized spacial score (nSPS) is 24.7. The van der Waals surface area contributed by atoms with Crippen molar-refractivity contribution in [1.82, 2.24) is 4.98 Å². The maximum atomic E-state index is 5.77. The van der Waals surface area contributed by atoms with Gasteiger partial charge in [0.15, 0.2) is 0 Å². The number of thiocarbonyl (C=S) groups is 1. The number of hydrogen-bond acceptors (Lipinski definition) is 3. The Morgan fingerprint density at radius 2 is 2.24 bits per heavy atom. The van der Waals surface area contributed by atoms with Crippen LogP contribution >= 0.6 is 12.2 Å². The average molecular weight is 249 g/mol. The van der Waals surface area contributed by atoms with Gasteiger partial charge >= 0.3 is 0 Å². The van der Waals surface area contributed by atoms with Crippen LogP contribution in [-0.2, 0) is 0 Å². The van der Waals surface area contributed by atoms with E-state index in [1.165, 1.54) is 12.8 Å². The van der Waals surface area contributed by atoms with Crippen molar-refractivity contribution in [2.24, 2.45) is 11.7 Å². The second-order valence-electron chi connectivity index (χ2n) is 4.92. The van der Waals surface area contributed by atoms with Crippen molar-refractivity contribution in [3.05, 3.63) is 23.9 Å². The fraction of sp³-hybridized carbons (Fsp3) is 0.538. The van der Waals surface area contributed by atoms with Crippen LogP contribution in [0.5, 0.6) is 0 Å². The Morgan fingerprint density at radius 1 is 1.47 bits per heavy atom. The molecule has 1 aromatic heterocycles.